The molecule has 0 aliphatic carbocycles. The first-order chi connectivity index (χ1) is 5.84. The van der Waals surface area contributed by atoms with Gasteiger partial charge < -0.3 is 15.2 Å². The van der Waals surface area contributed by atoms with Crippen LogP contribution in [0.2, 0.25) is 0 Å². The molecule has 0 amide bonds. The Hall–Kier alpha value is -0.160. The third kappa shape index (κ3) is 3.06. The highest BCUT2D eigenvalue weighted by Crippen LogP contribution is 2.00. The zero-order valence-corrected chi connectivity index (χ0v) is 7.66. The van der Waals surface area contributed by atoms with Gasteiger partial charge in [-0.05, 0) is 6.92 Å². The van der Waals surface area contributed by atoms with E-state index in [-0.39, 0.29) is 6.17 Å². The summed E-state index contributed by atoms with van der Waals surface area (Å²) in [5.41, 5.74) is 5.81. The Kier molecular flexibility index (Phi) is 4.53. The molecule has 0 spiro atoms. The van der Waals surface area contributed by atoms with Crippen LogP contribution in [0.5, 0.6) is 0 Å². The average molecular weight is 174 g/mol. The molecule has 1 rings (SSSR count). The summed E-state index contributed by atoms with van der Waals surface area (Å²) in [7, 11) is 0. The molecule has 1 atom stereocenters. The lowest BCUT2D eigenvalue weighted by atomic mass is 10.3. The van der Waals surface area contributed by atoms with Crippen LogP contribution >= 0.6 is 0 Å². The van der Waals surface area contributed by atoms with Gasteiger partial charge in [0.25, 0.3) is 0 Å². The Morgan fingerprint density at radius 1 is 1.67 bits per heavy atom. The van der Waals surface area contributed by atoms with Crippen LogP contribution in [-0.4, -0.2) is 50.6 Å². The second kappa shape index (κ2) is 5.48. The second-order valence-electron chi connectivity index (χ2n) is 2.88. The fourth-order valence-electron chi connectivity index (χ4n) is 1.26. The van der Waals surface area contributed by atoms with Crippen molar-refractivity contribution >= 4 is 0 Å². The molecule has 0 aromatic rings. The summed E-state index contributed by atoms with van der Waals surface area (Å²) in [6, 6.07) is 0. The third-order valence-corrected chi connectivity index (χ3v) is 2.01. The zero-order chi connectivity index (χ0) is 8.81. The van der Waals surface area contributed by atoms with Gasteiger partial charge >= 0.3 is 0 Å². The summed E-state index contributed by atoms with van der Waals surface area (Å²) in [5.74, 6) is 0. The van der Waals surface area contributed by atoms with Crippen LogP contribution < -0.4 is 5.73 Å². The fourth-order valence-corrected chi connectivity index (χ4v) is 1.26. The largest absolute Gasteiger partial charge is 0.380 e. The van der Waals surface area contributed by atoms with Gasteiger partial charge in [0.05, 0.1) is 26.0 Å². The van der Waals surface area contributed by atoms with Crippen LogP contribution in [0, 0.1) is 0 Å². The topological polar surface area (TPSA) is 47.7 Å². The number of nitrogens with zero attached hydrogens (tertiary/aromatic N) is 1. The predicted octanol–water partition coefficient (Wildman–Crippen LogP) is -0.360. The van der Waals surface area contributed by atoms with Crippen molar-refractivity contribution in [1.82, 2.24) is 4.90 Å². The standard InChI is InChI=1S/C8H18N2O2/c1-2-11-5-3-10-4-6-12-7-8(10)9/h8H,2-7,9H2,1H3. The first-order valence-electron chi connectivity index (χ1n) is 4.49. The highest BCUT2D eigenvalue weighted by molar-refractivity contribution is 4.68. The third-order valence-electron chi connectivity index (χ3n) is 2.01. The Morgan fingerprint density at radius 2 is 2.50 bits per heavy atom. The highest BCUT2D eigenvalue weighted by atomic mass is 16.5. The Balaban J connectivity index is 2.11. The lowest BCUT2D eigenvalue weighted by Crippen LogP contribution is -2.51. The van der Waals surface area contributed by atoms with Crippen molar-refractivity contribution in [2.75, 3.05) is 39.5 Å². The molecule has 1 aliphatic rings. The van der Waals surface area contributed by atoms with Gasteiger partial charge in [0.2, 0.25) is 0 Å². The van der Waals surface area contributed by atoms with E-state index in [0.717, 1.165) is 32.9 Å². The number of nitrogens with two attached hydrogens (primary N) is 1. The smallest absolute Gasteiger partial charge is 0.0814 e. The molecule has 0 aromatic carbocycles. The van der Waals surface area contributed by atoms with Gasteiger partial charge in [-0.1, -0.05) is 0 Å². The first-order valence-corrected chi connectivity index (χ1v) is 4.49. The Labute approximate surface area is 73.6 Å². The molecule has 4 heteroatoms. The van der Waals surface area contributed by atoms with Crippen LogP contribution in [0.25, 0.3) is 0 Å². The molecule has 1 fully saturated rings. The Bertz CT molecular complexity index is 122. The minimum absolute atomic E-state index is 0.0548. The van der Waals surface area contributed by atoms with Gasteiger partial charge in [-0.2, -0.15) is 0 Å². The molecular weight excluding hydrogens is 156 g/mol. The summed E-state index contributed by atoms with van der Waals surface area (Å²) < 4.78 is 10.5. The minimum Gasteiger partial charge on any atom is -0.380 e. The molecular formula is C8H18N2O2. The van der Waals surface area contributed by atoms with Crippen LogP contribution in [-0.2, 0) is 9.47 Å². The average Bonchev–Trinajstić information content (AvgIpc) is 2.09. The molecule has 12 heavy (non-hydrogen) atoms. The van der Waals surface area contributed by atoms with Gasteiger partial charge in [0.1, 0.15) is 0 Å². The molecule has 1 unspecified atom stereocenters. The maximum Gasteiger partial charge on any atom is 0.0814 e. The van der Waals surface area contributed by atoms with Crippen molar-refractivity contribution in [1.29, 1.82) is 0 Å². The van der Waals surface area contributed by atoms with E-state index < -0.39 is 0 Å². The lowest BCUT2D eigenvalue weighted by molar-refractivity contribution is -0.0170. The van der Waals surface area contributed by atoms with Crippen LogP contribution in [0.4, 0.5) is 0 Å². The van der Waals surface area contributed by atoms with E-state index in [1.165, 1.54) is 0 Å². The number of hydrogen-bond donors (Lipinski definition) is 1. The maximum atomic E-state index is 5.81. The van der Waals surface area contributed by atoms with E-state index in [0.29, 0.717) is 6.61 Å². The lowest BCUT2D eigenvalue weighted by Gasteiger charge is -2.32. The number of ether oxygens (including phenoxy) is 2. The number of hydrogen-bond acceptors (Lipinski definition) is 4. The van der Waals surface area contributed by atoms with Gasteiger partial charge in [-0.25, -0.2) is 0 Å². The molecule has 0 saturated carbocycles. The van der Waals surface area contributed by atoms with Crippen molar-refractivity contribution in [3.63, 3.8) is 0 Å². The molecule has 72 valence electrons. The van der Waals surface area contributed by atoms with Crippen LogP contribution in [0.3, 0.4) is 0 Å². The fraction of sp³-hybridized carbons (Fsp3) is 1.00. The van der Waals surface area contributed by atoms with Gasteiger partial charge in [-0.15, -0.1) is 0 Å². The Morgan fingerprint density at radius 3 is 3.17 bits per heavy atom. The van der Waals surface area contributed by atoms with Gasteiger partial charge in [0, 0.05) is 19.7 Å². The van der Waals surface area contributed by atoms with E-state index in [2.05, 4.69) is 4.90 Å². The van der Waals surface area contributed by atoms with E-state index in [1.54, 1.807) is 0 Å². The molecule has 0 radical (unpaired) electrons. The minimum atomic E-state index is 0.0548. The SMILES string of the molecule is CCOCCN1CCOCC1N. The quantitative estimate of drug-likeness (QED) is 0.591. The summed E-state index contributed by atoms with van der Waals surface area (Å²) in [4.78, 5) is 2.19. The summed E-state index contributed by atoms with van der Waals surface area (Å²) >= 11 is 0. The van der Waals surface area contributed by atoms with E-state index in [4.69, 9.17) is 15.2 Å². The summed E-state index contributed by atoms with van der Waals surface area (Å²) in [6.07, 6.45) is 0.0548. The summed E-state index contributed by atoms with van der Waals surface area (Å²) in [5, 5.41) is 0. The number of morpholine rings is 1. The molecule has 2 N–H and O–H groups in total. The van der Waals surface area contributed by atoms with Crippen molar-refractivity contribution in [3.8, 4) is 0 Å². The molecule has 0 bridgehead atoms. The van der Waals surface area contributed by atoms with Gasteiger partial charge in [0.15, 0.2) is 0 Å². The maximum absolute atomic E-state index is 5.81. The van der Waals surface area contributed by atoms with E-state index in [1.807, 2.05) is 6.92 Å². The van der Waals surface area contributed by atoms with Crippen LogP contribution in [0.15, 0.2) is 0 Å². The summed E-state index contributed by atoms with van der Waals surface area (Å²) in [6.45, 7) is 6.82. The first kappa shape index (κ1) is 9.92. The zero-order valence-electron chi connectivity index (χ0n) is 7.66. The monoisotopic (exact) mass is 174 g/mol. The number of rotatable bonds is 4. The van der Waals surface area contributed by atoms with E-state index >= 15 is 0 Å². The highest BCUT2D eigenvalue weighted by Gasteiger charge is 2.17. The predicted molar refractivity (Wildman–Crippen MR) is 46.9 cm³/mol. The van der Waals surface area contributed by atoms with Crippen molar-refractivity contribution < 1.29 is 9.47 Å². The van der Waals surface area contributed by atoms with Crippen molar-refractivity contribution in [2.45, 2.75) is 13.1 Å². The molecule has 0 aromatic heterocycles. The van der Waals surface area contributed by atoms with Crippen molar-refractivity contribution in [3.05, 3.63) is 0 Å². The van der Waals surface area contributed by atoms with E-state index in [9.17, 15) is 0 Å². The van der Waals surface area contributed by atoms with Gasteiger partial charge in [-0.3, -0.25) is 4.90 Å². The second-order valence-corrected chi connectivity index (χ2v) is 2.88. The molecule has 4 nitrogen and oxygen atoms in total. The normalized spacial score (nSPS) is 26.0. The molecule has 1 aliphatic heterocycles. The van der Waals surface area contributed by atoms with Crippen molar-refractivity contribution in [2.24, 2.45) is 5.73 Å². The molecule has 1 heterocycles. The van der Waals surface area contributed by atoms with Crippen LogP contribution in [0.1, 0.15) is 6.92 Å². The molecule has 1 saturated heterocycles.